The van der Waals surface area contributed by atoms with E-state index in [1.165, 1.54) is 12.8 Å². The Balaban J connectivity index is 1.75. The first-order chi connectivity index (χ1) is 11.2. The normalized spacial score (nSPS) is 17.8. The van der Waals surface area contributed by atoms with E-state index in [9.17, 15) is 4.79 Å². The zero-order valence-electron chi connectivity index (χ0n) is 13.6. The molecule has 1 heterocycles. The highest BCUT2D eigenvalue weighted by Gasteiger charge is 2.26. The molecule has 0 unspecified atom stereocenters. The van der Waals surface area contributed by atoms with Gasteiger partial charge >= 0.3 is 0 Å². The van der Waals surface area contributed by atoms with Gasteiger partial charge in [0.2, 0.25) is 5.91 Å². The molecule has 0 spiro atoms. The third-order valence-corrected chi connectivity index (χ3v) is 4.92. The molecule has 1 aliphatic carbocycles. The Morgan fingerprint density at radius 1 is 1.22 bits per heavy atom. The monoisotopic (exact) mass is 337 g/mol. The van der Waals surface area contributed by atoms with E-state index in [2.05, 4.69) is 6.92 Å². The Hall–Kier alpha value is -1.42. The number of fused-ring (bicyclic) bond motifs is 1. The average molecular weight is 338 g/mol. The fraction of sp³-hybridized carbons (Fsp3) is 0.611. The van der Waals surface area contributed by atoms with Gasteiger partial charge in [-0.3, -0.25) is 4.79 Å². The number of hydrogen-bond acceptors (Lipinski definition) is 3. The Kier molecular flexibility index (Phi) is 5.31. The summed E-state index contributed by atoms with van der Waals surface area (Å²) in [4.78, 5) is 14.7. The second-order valence-electron chi connectivity index (χ2n) is 6.25. The lowest BCUT2D eigenvalue weighted by molar-refractivity contribution is -0.132. The van der Waals surface area contributed by atoms with Crippen LogP contribution in [0, 0.1) is 0 Å². The van der Waals surface area contributed by atoms with Gasteiger partial charge in [-0.15, -0.1) is 0 Å². The number of likely N-dealkylation sites (N-methyl/N-ethyl adjacent to an activating group) is 1. The molecule has 126 valence electrons. The molecule has 2 aliphatic rings. The molecule has 1 saturated carbocycles. The van der Waals surface area contributed by atoms with Crippen molar-refractivity contribution in [3.63, 3.8) is 0 Å². The first-order valence-corrected chi connectivity index (χ1v) is 8.94. The van der Waals surface area contributed by atoms with Crippen LogP contribution < -0.4 is 9.47 Å². The predicted octanol–water partition coefficient (Wildman–Crippen LogP) is 3.83. The summed E-state index contributed by atoms with van der Waals surface area (Å²) < 4.78 is 11.3. The van der Waals surface area contributed by atoms with E-state index < -0.39 is 0 Å². The number of nitrogens with zero attached hydrogens (tertiary/aromatic N) is 1. The van der Waals surface area contributed by atoms with Crippen LogP contribution in [0.5, 0.6) is 11.5 Å². The van der Waals surface area contributed by atoms with Crippen LogP contribution in [0.15, 0.2) is 12.1 Å². The van der Waals surface area contributed by atoms with E-state index in [-0.39, 0.29) is 5.91 Å². The van der Waals surface area contributed by atoms with Gasteiger partial charge in [0.15, 0.2) is 11.5 Å². The van der Waals surface area contributed by atoms with Crippen LogP contribution in [-0.4, -0.2) is 36.6 Å². The summed E-state index contributed by atoms with van der Waals surface area (Å²) in [6.07, 6.45) is 5.91. The summed E-state index contributed by atoms with van der Waals surface area (Å²) in [5.41, 5.74) is 0.890. The molecular weight excluding hydrogens is 314 g/mol. The number of ether oxygens (including phenoxy) is 2. The lowest BCUT2D eigenvalue weighted by Crippen LogP contribution is -2.39. The Bertz CT molecular complexity index is 570. The number of amides is 1. The molecule has 0 bridgehead atoms. The number of rotatable bonds is 4. The van der Waals surface area contributed by atoms with Gasteiger partial charge in [-0.1, -0.05) is 24.4 Å². The maximum Gasteiger partial charge on any atom is 0.227 e. The number of carbonyl (C=O) groups excluding carboxylic acids is 1. The number of halogens is 1. The van der Waals surface area contributed by atoms with E-state index in [0.717, 1.165) is 31.4 Å². The minimum atomic E-state index is 0.171. The number of carbonyl (C=O) groups is 1. The quantitative estimate of drug-likeness (QED) is 0.838. The zero-order valence-corrected chi connectivity index (χ0v) is 14.4. The lowest BCUT2D eigenvalue weighted by atomic mass is 10.1. The highest BCUT2D eigenvalue weighted by atomic mass is 35.5. The standard InChI is InChI=1S/C18H24ClNO3/c1-2-20(14-6-3-4-7-14)17(21)12-13-10-15(19)18-16(11-13)22-8-5-9-23-18/h10-11,14H,2-9,12H2,1H3. The third-order valence-electron chi connectivity index (χ3n) is 4.64. The van der Waals surface area contributed by atoms with Crippen LogP contribution >= 0.6 is 11.6 Å². The molecule has 23 heavy (non-hydrogen) atoms. The van der Waals surface area contributed by atoms with Gasteiger partial charge in [0, 0.05) is 19.0 Å². The van der Waals surface area contributed by atoms with E-state index >= 15 is 0 Å². The summed E-state index contributed by atoms with van der Waals surface area (Å²) in [5.74, 6) is 1.43. The van der Waals surface area contributed by atoms with Crippen molar-refractivity contribution in [3.05, 3.63) is 22.7 Å². The van der Waals surface area contributed by atoms with E-state index in [1.54, 1.807) is 0 Å². The topological polar surface area (TPSA) is 38.8 Å². The molecule has 1 aliphatic heterocycles. The summed E-state index contributed by atoms with van der Waals surface area (Å²) >= 11 is 6.31. The molecule has 0 aromatic heterocycles. The van der Waals surface area contributed by atoms with Crippen molar-refractivity contribution in [2.24, 2.45) is 0 Å². The molecule has 3 rings (SSSR count). The minimum absolute atomic E-state index is 0.171. The van der Waals surface area contributed by atoms with Crippen molar-refractivity contribution in [2.75, 3.05) is 19.8 Å². The molecule has 5 heteroatoms. The van der Waals surface area contributed by atoms with E-state index in [0.29, 0.717) is 42.2 Å². The van der Waals surface area contributed by atoms with Crippen LogP contribution in [-0.2, 0) is 11.2 Å². The van der Waals surface area contributed by atoms with Crippen molar-refractivity contribution in [1.29, 1.82) is 0 Å². The summed E-state index contributed by atoms with van der Waals surface area (Å²) in [6, 6.07) is 4.13. The van der Waals surface area contributed by atoms with Crippen LogP contribution in [0.3, 0.4) is 0 Å². The lowest BCUT2D eigenvalue weighted by Gasteiger charge is -2.28. The van der Waals surface area contributed by atoms with Crippen LogP contribution in [0.2, 0.25) is 5.02 Å². The van der Waals surface area contributed by atoms with E-state index in [4.69, 9.17) is 21.1 Å². The van der Waals surface area contributed by atoms with Crippen LogP contribution in [0.1, 0.15) is 44.6 Å². The number of benzene rings is 1. The molecular formula is C18H24ClNO3. The number of hydrogen-bond donors (Lipinski definition) is 0. The van der Waals surface area contributed by atoms with Gasteiger partial charge in [0.05, 0.1) is 24.7 Å². The van der Waals surface area contributed by atoms with Gasteiger partial charge in [-0.2, -0.15) is 0 Å². The van der Waals surface area contributed by atoms with Crippen molar-refractivity contribution in [3.8, 4) is 11.5 Å². The Labute approximate surface area is 142 Å². The maximum atomic E-state index is 12.7. The molecule has 1 amide bonds. The van der Waals surface area contributed by atoms with Crippen LogP contribution in [0.25, 0.3) is 0 Å². The molecule has 1 aromatic rings. The van der Waals surface area contributed by atoms with Crippen molar-refractivity contribution < 1.29 is 14.3 Å². The first kappa shape index (κ1) is 16.4. The van der Waals surface area contributed by atoms with Gasteiger partial charge in [0.25, 0.3) is 0 Å². The molecule has 0 radical (unpaired) electrons. The molecule has 0 N–H and O–H groups in total. The van der Waals surface area contributed by atoms with Gasteiger partial charge < -0.3 is 14.4 Å². The fourth-order valence-corrected chi connectivity index (χ4v) is 3.80. The van der Waals surface area contributed by atoms with Crippen molar-refractivity contribution in [2.45, 2.75) is 51.5 Å². The fourth-order valence-electron chi connectivity index (χ4n) is 3.52. The summed E-state index contributed by atoms with van der Waals surface area (Å²) in [6.45, 7) is 4.04. The minimum Gasteiger partial charge on any atom is -0.489 e. The van der Waals surface area contributed by atoms with Gasteiger partial charge in [0.1, 0.15) is 0 Å². The first-order valence-electron chi connectivity index (χ1n) is 8.56. The smallest absolute Gasteiger partial charge is 0.227 e. The highest BCUT2D eigenvalue weighted by Crippen LogP contribution is 2.38. The van der Waals surface area contributed by atoms with Gasteiger partial charge in [-0.25, -0.2) is 0 Å². The molecule has 4 nitrogen and oxygen atoms in total. The average Bonchev–Trinajstić information content (AvgIpc) is 2.93. The maximum absolute atomic E-state index is 12.7. The SMILES string of the molecule is CCN(C(=O)Cc1cc(Cl)c2c(c1)OCCCO2)C1CCCC1. The van der Waals surface area contributed by atoms with Gasteiger partial charge in [-0.05, 0) is 37.5 Å². The van der Waals surface area contributed by atoms with Crippen molar-refractivity contribution >= 4 is 17.5 Å². The summed E-state index contributed by atoms with van der Waals surface area (Å²) in [5, 5.41) is 0.524. The molecule has 1 aromatic carbocycles. The zero-order chi connectivity index (χ0) is 16.2. The largest absolute Gasteiger partial charge is 0.489 e. The third kappa shape index (κ3) is 3.74. The Morgan fingerprint density at radius 3 is 2.70 bits per heavy atom. The summed E-state index contributed by atoms with van der Waals surface area (Å²) in [7, 11) is 0. The molecule has 0 saturated heterocycles. The highest BCUT2D eigenvalue weighted by molar-refractivity contribution is 6.32. The Morgan fingerprint density at radius 2 is 1.96 bits per heavy atom. The molecule has 1 fully saturated rings. The predicted molar refractivity (Wildman–Crippen MR) is 90.4 cm³/mol. The van der Waals surface area contributed by atoms with E-state index in [1.807, 2.05) is 17.0 Å². The molecule has 0 atom stereocenters. The van der Waals surface area contributed by atoms with Crippen molar-refractivity contribution in [1.82, 2.24) is 4.90 Å². The second kappa shape index (κ2) is 7.43. The second-order valence-corrected chi connectivity index (χ2v) is 6.66. The van der Waals surface area contributed by atoms with Crippen LogP contribution in [0.4, 0.5) is 0 Å².